The lowest BCUT2D eigenvalue weighted by molar-refractivity contribution is -0.136. The molecule has 52 heavy (non-hydrogen) atoms. The molecular formula is C39H36F6N4O3. The number of halogens is 6. The molecule has 1 fully saturated rings. The summed E-state index contributed by atoms with van der Waals surface area (Å²) in [4.78, 5) is 29.1. The zero-order valence-corrected chi connectivity index (χ0v) is 28.7. The van der Waals surface area contributed by atoms with Crippen molar-refractivity contribution >= 4 is 22.9 Å². The maximum absolute atomic E-state index is 14.7. The van der Waals surface area contributed by atoms with Gasteiger partial charge in [-0.25, -0.2) is 18.0 Å². The van der Waals surface area contributed by atoms with Gasteiger partial charge in [0.2, 0.25) is 0 Å². The SMILES string of the molecule is CC(C)(C)OC(=O)N1CCN(C(=O)c2cccc(CCc3cccc(-c4c5cccc(C(F)(F)F)c5nn4Cc4c(F)cc(F)cc4F)c3)c2)CC1. The zero-order valence-electron chi connectivity index (χ0n) is 28.7. The number of aromatic nitrogens is 2. The molecule has 0 bridgehead atoms. The molecule has 0 saturated carbocycles. The van der Waals surface area contributed by atoms with Gasteiger partial charge < -0.3 is 14.5 Å². The summed E-state index contributed by atoms with van der Waals surface area (Å²) in [6.45, 7) is 6.26. The lowest BCUT2D eigenvalue weighted by Crippen LogP contribution is -2.51. The van der Waals surface area contributed by atoms with Gasteiger partial charge in [-0.3, -0.25) is 9.48 Å². The third-order valence-corrected chi connectivity index (χ3v) is 8.78. The first-order chi connectivity index (χ1) is 24.6. The van der Waals surface area contributed by atoms with Crippen LogP contribution in [-0.2, 0) is 30.3 Å². The Morgan fingerprint density at radius 3 is 2.00 bits per heavy atom. The summed E-state index contributed by atoms with van der Waals surface area (Å²) in [6.07, 6.45) is -4.12. The smallest absolute Gasteiger partial charge is 0.418 e. The highest BCUT2D eigenvalue weighted by Crippen LogP contribution is 2.38. The number of hydrogen-bond donors (Lipinski definition) is 0. The molecule has 6 rings (SSSR count). The number of piperazine rings is 1. The van der Waals surface area contributed by atoms with Crippen LogP contribution in [0, 0.1) is 17.5 Å². The molecule has 0 atom stereocenters. The van der Waals surface area contributed by atoms with Crippen LogP contribution in [0.1, 0.15) is 53.4 Å². The molecule has 272 valence electrons. The van der Waals surface area contributed by atoms with Gasteiger partial charge in [-0.2, -0.15) is 18.3 Å². The van der Waals surface area contributed by atoms with Crippen molar-refractivity contribution < 1.29 is 40.7 Å². The third kappa shape index (κ3) is 8.08. The first-order valence-corrected chi connectivity index (χ1v) is 16.7. The Morgan fingerprint density at radius 2 is 1.37 bits per heavy atom. The van der Waals surface area contributed by atoms with E-state index in [1.54, 1.807) is 60.9 Å². The Morgan fingerprint density at radius 1 is 0.769 bits per heavy atom. The van der Waals surface area contributed by atoms with E-state index in [0.717, 1.165) is 21.9 Å². The number of ether oxygens (including phenoxy) is 1. The number of amides is 2. The average Bonchev–Trinajstić information content (AvgIpc) is 3.46. The lowest BCUT2D eigenvalue weighted by atomic mass is 9.98. The maximum Gasteiger partial charge on any atom is 0.418 e. The molecule has 0 unspecified atom stereocenters. The highest BCUT2D eigenvalue weighted by atomic mass is 19.4. The Kier molecular flexibility index (Phi) is 10.1. The Hall–Kier alpha value is -5.33. The van der Waals surface area contributed by atoms with Gasteiger partial charge in [0.15, 0.2) is 0 Å². The Balaban J connectivity index is 1.22. The van der Waals surface area contributed by atoms with Crippen molar-refractivity contribution in [3.63, 3.8) is 0 Å². The molecule has 1 saturated heterocycles. The maximum atomic E-state index is 14.7. The second-order valence-electron chi connectivity index (χ2n) is 13.7. The molecule has 1 aliphatic rings. The van der Waals surface area contributed by atoms with Crippen molar-refractivity contribution in [2.45, 2.75) is 51.9 Å². The van der Waals surface area contributed by atoms with Crippen LogP contribution in [-0.4, -0.2) is 63.4 Å². The van der Waals surface area contributed by atoms with Crippen LogP contribution < -0.4 is 0 Å². The molecule has 2 heterocycles. The molecule has 0 aliphatic carbocycles. The van der Waals surface area contributed by atoms with Gasteiger partial charge in [-0.1, -0.05) is 42.5 Å². The molecule has 5 aromatic rings. The fraction of sp³-hybridized carbons (Fsp3) is 0.308. The second-order valence-corrected chi connectivity index (χ2v) is 13.7. The fourth-order valence-corrected chi connectivity index (χ4v) is 6.30. The number of nitrogens with zero attached hydrogens (tertiary/aromatic N) is 4. The van der Waals surface area contributed by atoms with Crippen molar-refractivity contribution in [3.05, 3.63) is 124 Å². The highest BCUT2D eigenvalue weighted by molar-refractivity contribution is 5.96. The van der Waals surface area contributed by atoms with E-state index >= 15 is 0 Å². The van der Waals surface area contributed by atoms with Crippen LogP contribution >= 0.6 is 0 Å². The molecule has 2 amide bonds. The van der Waals surface area contributed by atoms with Crippen LogP contribution in [0.2, 0.25) is 0 Å². The first-order valence-electron chi connectivity index (χ1n) is 16.7. The number of alkyl halides is 3. The summed E-state index contributed by atoms with van der Waals surface area (Å²) in [5.74, 6) is -3.64. The zero-order chi connectivity index (χ0) is 37.4. The largest absolute Gasteiger partial charge is 0.444 e. The lowest BCUT2D eigenvalue weighted by Gasteiger charge is -2.35. The van der Waals surface area contributed by atoms with Crippen molar-refractivity contribution in [3.8, 4) is 11.3 Å². The predicted octanol–water partition coefficient (Wildman–Crippen LogP) is 8.67. The Bertz CT molecular complexity index is 2110. The minimum atomic E-state index is -4.74. The highest BCUT2D eigenvalue weighted by Gasteiger charge is 2.35. The van der Waals surface area contributed by atoms with E-state index in [4.69, 9.17) is 4.74 Å². The van der Waals surface area contributed by atoms with Gasteiger partial charge in [-0.05, 0) is 69.0 Å². The summed E-state index contributed by atoms with van der Waals surface area (Å²) in [5.41, 5.74) is 0.354. The van der Waals surface area contributed by atoms with Crippen LogP contribution in [0.5, 0.6) is 0 Å². The van der Waals surface area contributed by atoms with E-state index in [2.05, 4.69) is 5.10 Å². The molecule has 1 aromatic heterocycles. The number of aryl methyl sites for hydroxylation is 2. The van der Waals surface area contributed by atoms with E-state index in [9.17, 15) is 35.9 Å². The van der Waals surface area contributed by atoms with Gasteiger partial charge in [0.1, 0.15) is 28.6 Å². The summed E-state index contributed by atoms with van der Waals surface area (Å²) < 4.78 is 91.7. The van der Waals surface area contributed by atoms with Crippen molar-refractivity contribution in [2.24, 2.45) is 0 Å². The van der Waals surface area contributed by atoms with E-state index in [1.807, 2.05) is 18.2 Å². The molecule has 0 radical (unpaired) electrons. The van der Waals surface area contributed by atoms with E-state index in [-0.39, 0.29) is 22.5 Å². The van der Waals surface area contributed by atoms with Gasteiger partial charge in [-0.15, -0.1) is 0 Å². The van der Waals surface area contributed by atoms with Gasteiger partial charge in [0, 0.05) is 60.4 Å². The summed E-state index contributed by atoms with van der Waals surface area (Å²) >= 11 is 0. The van der Waals surface area contributed by atoms with E-state index in [0.29, 0.717) is 62.3 Å². The normalized spacial score (nSPS) is 13.9. The molecule has 4 aromatic carbocycles. The van der Waals surface area contributed by atoms with Crippen LogP contribution in [0.25, 0.3) is 22.2 Å². The molecule has 7 nitrogen and oxygen atoms in total. The van der Waals surface area contributed by atoms with Crippen LogP contribution in [0.3, 0.4) is 0 Å². The van der Waals surface area contributed by atoms with Crippen molar-refractivity contribution in [2.75, 3.05) is 26.2 Å². The number of hydrogen-bond acceptors (Lipinski definition) is 4. The van der Waals surface area contributed by atoms with E-state index in [1.165, 1.54) is 12.1 Å². The number of benzene rings is 4. The van der Waals surface area contributed by atoms with Gasteiger partial charge in [0.25, 0.3) is 5.91 Å². The quantitative estimate of drug-likeness (QED) is 0.158. The summed E-state index contributed by atoms with van der Waals surface area (Å²) in [6, 6.07) is 18.9. The summed E-state index contributed by atoms with van der Waals surface area (Å²) in [7, 11) is 0. The second kappa shape index (κ2) is 14.4. The van der Waals surface area contributed by atoms with Crippen LogP contribution in [0.4, 0.5) is 31.1 Å². The average molecular weight is 723 g/mol. The first kappa shape index (κ1) is 36.5. The minimum absolute atomic E-state index is 0.132. The molecule has 0 spiro atoms. The van der Waals surface area contributed by atoms with Crippen molar-refractivity contribution in [1.82, 2.24) is 19.6 Å². The molecule has 13 heteroatoms. The minimum Gasteiger partial charge on any atom is -0.444 e. The number of fused-ring (bicyclic) bond motifs is 1. The fourth-order valence-electron chi connectivity index (χ4n) is 6.30. The number of carbonyl (C=O) groups excluding carboxylic acids is 2. The Labute approximate surface area is 296 Å². The van der Waals surface area contributed by atoms with E-state index < -0.39 is 53.0 Å². The van der Waals surface area contributed by atoms with Crippen molar-refractivity contribution in [1.29, 1.82) is 0 Å². The number of carbonyl (C=O) groups is 2. The number of rotatable bonds is 7. The molecule has 0 N–H and O–H groups in total. The van der Waals surface area contributed by atoms with Crippen LogP contribution in [0.15, 0.2) is 78.9 Å². The van der Waals surface area contributed by atoms with Gasteiger partial charge in [0.05, 0.1) is 17.8 Å². The topological polar surface area (TPSA) is 67.7 Å². The molecule has 1 aliphatic heterocycles. The molecular weight excluding hydrogens is 686 g/mol. The standard InChI is InChI=1S/C39H36F6N4O3/c1-38(2,3)52-37(51)48-17-15-47(16-18-48)36(50)27-10-5-8-25(20-27)14-13-24-7-4-9-26(19-24)35-29-11-6-12-31(39(43,44)45)34(29)46-49(35)23-30-32(41)21-28(40)22-33(30)42/h4-12,19-22H,13-18,23H2,1-3H3. The third-order valence-electron chi connectivity index (χ3n) is 8.78. The predicted molar refractivity (Wildman–Crippen MR) is 183 cm³/mol. The monoisotopic (exact) mass is 722 g/mol. The summed E-state index contributed by atoms with van der Waals surface area (Å²) in [5, 5.41) is 4.31. The van der Waals surface area contributed by atoms with Gasteiger partial charge >= 0.3 is 12.3 Å².